The lowest BCUT2D eigenvalue weighted by Gasteiger charge is -2.28. The molecular weight excluding hydrogens is 493 g/mol. The summed E-state index contributed by atoms with van der Waals surface area (Å²) < 4.78 is 50.6. The van der Waals surface area contributed by atoms with E-state index in [2.05, 4.69) is 15.3 Å². The summed E-state index contributed by atoms with van der Waals surface area (Å²) in [7, 11) is 0. The predicted octanol–water partition coefficient (Wildman–Crippen LogP) is 3.96. The zero-order chi connectivity index (χ0) is 26.6. The van der Waals surface area contributed by atoms with E-state index in [-0.39, 0.29) is 54.4 Å². The van der Waals surface area contributed by atoms with Gasteiger partial charge >= 0.3 is 12.2 Å². The molecule has 1 aromatic carbocycles. The zero-order valence-corrected chi connectivity index (χ0v) is 19.8. The minimum atomic E-state index is -4.50. The maximum absolute atomic E-state index is 13.2. The summed E-state index contributed by atoms with van der Waals surface area (Å²) in [6, 6.07) is 12.1. The number of benzene rings is 1. The minimum absolute atomic E-state index is 0.102. The summed E-state index contributed by atoms with van der Waals surface area (Å²) in [5, 5.41) is 21.4. The number of anilines is 2. The van der Waals surface area contributed by atoms with Crippen LogP contribution in [0.15, 0.2) is 54.6 Å². The highest BCUT2D eigenvalue weighted by Crippen LogP contribution is 2.35. The molecule has 3 aromatic rings. The lowest BCUT2D eigenvalue weighted by atomic mass is 10.1. The number of aliphatic hydroxyl groups excluding tert-OH is 2. The van der Waals surface area contributed by atoms with Crippen molar-refractivity contribution in [3.8, 4) is 22.9 Å². The van der Waals surface area contributed by atoms with Crippen molar-refractivity contribution in [1.29, 1.82) is 0 Å². The number of pyridine rings is 2. The van der Waals surface area contributed by atoms with Gasteiger partial charge in [-0.3, -0.25) is 10.2 Å². The number of amides is 2. The fourth-order valence-electron chi connectivity index (χ4n) is 3.56. The van der Waals surface area contributed by atoms with Gasteiger partial charge < -0.3 is 19.7 Å². The minimum Gasteiger partial charge on any atom is -0.488 e. The van der Waals surface area contributed by atoms with Crippen LogP contribution in [0.3, 0.4) is 0 Å². The quantitative estimate of drug-likeness (QED) is 0.434. The number of aliphatic hydroxyl groups is 2. The zero-order valence-electron chi connectivity index (χ0n) is 19.8. The van der Waals surface area contributed by atoms with Gasteiger partial charge in [0.25, 0.3) is 0 Å². The van der Waals surface area contributed by atoms with Crippen molar-refractivity contribution >= 4 is 17.7 Å². The smallest absolute Gasteiger partial charge is 0.416 e. The molecule has 2 atom stereocenters. The number of rotatable bonds is 7. The first-order chi connectivity index (χ1) is 17.7. The van der Waals surface area contributed by atoms with Crippen molar-refractivity contribution in [2.75, 3.05) is 36.6 Å². The van der Waals surface area contributed by atoms with Crippen molar-refractivity contribution < 1.29 is 37.7 Å². The average Bonchev–Trinajstić information content (AvgIpc) is 2.90. The number of fused-ring (bicyclic) bond motifs is 1. The Morgan fingerprint density at radius 2 is 1.97 bits per heavy atom. The van der Waals surface area contributed by atoms with Crippen LogP contribution < -0.4 is 19.7 Å². The summed E-state index contributed by atoms with van der Waals surface area (Å²) in [5.41, 5.74) is -0.305. The van der Waals surface area contributed by atoms with Gasteiger partial charge in [0.15, 0.2) is 11.6 Å². The van der Waals surface area contributed by atoms with E-state index in [4.69, 9.17) is 14.6 Å². The summed E-state index contributed by atoms with van der Waals surface area (Å²) >= 11 is 0. The van der Waals surface area contributed by atoms with E-state index in [0.29, 0.717) is 5.75 Å². The van der Waals surface area contributed by atoms with Crippen molar-refractivity contribution in [2.24, 2.45) is 5.92 Å². The topological polar surface area (TPSA) is 117 Å². The second-order valence-corrected chi connectivity index (χ2v) is 8.43. The van der Waals surface area contributed by atoms with E-state index >= 15 is 0 Å². The molecular formula is C25H25F3N4O5. The molecule has 4 rings (SSSR count). The number of carbonyl (C=O) groups excluding carboxylic acids is 1. The van der Waals surface area contributed by atoms with Gasteiger partial charge in [-0.25, -0.2) is 9.78 Å². The van der Waals surface area contributed by atoms with E-state index in [9.17, 15) is 23.1 Å². The molecule has 196 valence electrons. The third kappa shape index (κ3) is 6.27. The number of ether oxygens (including phenoxy) is 2. The van der Waals surface area contributed by atoms with Crippen molar-refractivity contribution in [1.82, 2.24) is 9.97 Å². The molecule has 3 N–H and O–H groups in total. The molecule has 2 aromatic heterocycles. The highest BCUT2D eigenvalue weighted by Gasteiger charge is 2.31. The van der Waals surface area contributed by atoms with E-state index in [1.807, 2.05) is 0 Å². The Balaban J connectivity index is 1.51. The number of carbonyl (C=O) groups is 1. The Bertz CT molecular complexity index is 1260. The Morgan fingerprint density at radius 1 is 1.19 bits per heavy atom. The standard InChI is InChI=1S/C25H25F3N4O5/c1-15(19(34)13-33)14-37-22-7-3-6-21(30-22)31-24(35)32-10-11-36-20-9-8-18(29-23(20)32)16-4-2-5-17(12-16)25(26,27)28/h2-9,12,15,19,33-34H,10-11,13-14H2,1H3,(H,30,31,35). The Morgan fingerprint density at radius 3 is 2.73 bits per heavy atom. The summed E-state index contributed by atoms with van der Waals surface area (Å²) in [6.07, 6.45) is -5.43. The molecule has 1 aliphatic heterocycles. The molecule has 0 aliphatic carbocycles. The molecule has 0 saturated heterocycles. The van der Waals surface area contributed by atoms with Crippen LogP contribution >= 0.6 is 0 Å². The Hall–Kier alpha value is -3.90. The van der Waals surface area contributed by atoms with E-state index in [1.54, 1.807) is 31.2 Å². The molecule has 1 aliphatic rings. The number of hydrogen-bond acceptors (Lipinski definition) is 7. The number of urea groups is 1. The summed E-state index contributed by atoms with van der Waals surface area (Å²) in [5.74, 6) is 0.547. The van der Waals surface area contributed by atoms with Gasteiger partial charge in [0.2, 0.25) is 5.88 Å². The van der Waals surface area contributed by atoms with Gasteiger partial charge in [-0.05, 0) is 30.3 Å². The largest absolute Gasteiger partial charge is 0.488 e. The number of nitrogens with one attached hydrogen (secondary N) is 1. The molecule has 0 radical (unpaired) electrons. The molecule has 2 unspecified atom stereocenters. The van der Waals surface area contributed by atoms with Gasteiger partial charge in [0, 0.05) is 17.5 Å². The third-order valence-corrected chi connectivity index (χ3v) is 5.69. The van der Waals surface area contributed by atoms with Crippen molar-refractivity contribution in [3.63, 3.8) is 0 Å². The molecule has 0 saturated carbocycles. The van der Waals surface area contributed by atoms with Crippen LogP contribution in [-0.4, -0.2) is 58.7 Å². The highest BCUT2D eigenvalue weighted by molar-refractivity contribution is 6.02. The SMILES string of the molecule is CC(COc1cccc(NC(=O)N2CCOc3ccc(-c4cccc(C(F)(F)F)c4)nc32)n1)C(O)CO. The molecule has 2 amide bonds. The molecule has 0 bridgehead atoms. The lowest BCUT2D eigenvalue weighted by Crippen LogP contribution is -2.41. The van der Waals surface area contributed by atoms with Gasteiger partial charge in [-0.2, -0.15) is 18.2 Å². The van der Waals surface area contributed by atoms with E-state index in [0.717, 1.165) is 12.1 Å². The lowest BCUT2D eigenvalue weighted by molar-refractivity contribution is -0.137. The second-order valence-electron chi connectivity index (χ2n) is 8.43. The number of nitrogens with zero attached hydrogens (tertiary/aromatic N) is 3. The van der Waals surface area contributed by atoms with Crippen LogP contribution in [0.1, 0.15) is 12.5 Å². The molecule has 37 heavy (non-hydrogen) atoms. The van der Waals surface area contributed by atoms with Crippen LogP contribution in [0.2, 0.25) is 0 Å². The Labute approximate surface area is 210 Å². The number of alkyl halides is 3. The van der Waals surface area contributed by atoms with Gasteiger partial charge in [-0.15, -0.1) is 0 Å². The van der Waals surface area contributed by atoms with Crippen molar-refractivity contribution in [2.45, 2.75) is 19.2 Å². The van der Waals surface area contributed by atoms with Crippen molar-refractivity contribution in [3.05, 3.63) is 60.2 Å². The number of aromatic nitrogens is 2. The molecule has 12 heteroatoms. The molecule has 0 spiro atoms. The first-order valence-electron chi connectivity index (χ1n) is 11.4. The van der Waals surface area contributed by atoms with Crippen LogP contribution in [0, 0.1) is 5.92 Å². The maximum Gasteiger partial charge on any atom is 0.416 e. The number of hydrogen-bond donors (Lipinski definition) is 3. The van der Waals surface area contributed by atoms with Crippen LogP contribution in [0.5, 0.6) is 11.6 Å². The summed E-state index contributed by atoms with van der Waals surface area (Å²) in [4.78, 5) is 23.1. The fraction of sp³-hybridized carbons (Fsp3) is 0.320. The normalized spacial score (nSPS) is 14.8. The first kappa shape index (κ1) is 26.2. The summed E-state index contributed by atoms with van der Waals surface area (Å²) in [6.45, 7) is 1.78. The highest BCUT2D eigenvalue weighted by atomic mass is 19.4. The first-order valence-corrected chi connectivity index (χ1v) is 11.4. The fourth-order valence-corrected chi connectivity index (χ4v) is 3.56. The second kappa shape index (κ2) is 11.0. The van der Waals surface area contributed by atoms with Crippen LogP contribution in [-0.2, 0) is 6.18 Å². The molecule has 3 heterocycles. The van der Waals surface area contributed by atoms with Gasteiger partial charge in [0.05, 0.1) is 37.1 Å². The predicted molar refractivity (Wildman–Crippen MR) is 129 cm³/mol. The molecule has 9 nitrogen and oxygen atoms in total. The number of halogens is 3. The van der Waals surface area contributed by atoms with Crippen LogP contribution in [0.25, 0.3) is 11.3 Å². The monoisotopic (exact) mass is 518 g/mol. The maximum atomic E-state index is 13.2. The van der Waals surface area contributed by atoms with Crippen LogP contribution in [0.4, 0.5) is 29.6 Å². The van der Waals surface area contributed by atoms with E-state index < -0.39 is 30.5 Å². The van der Waals surface area contributed by atoms with Gasteiger partial charge in [-0.1, -0.05) is 25.1 Å². The van der Waals surface area contributed by atoms with Gasteiger partial charge in [0.1, 0.15) is 12.4 Å². The third-order valence-electron chi connectivity index (χ3n) is 5.69. The average molecular weight is 518 g/mol. The van der Waals surface area contributed by atoms with E-state index in [1.165, 1.54) is 23.1 Å². The Kier molecular flexibility index (Phi) is 7.79. The molecule has 0 fully saturated rings.